The molecule has 0 aromatic rings. The lowest BCUT2D eigenvalue weighted by atomic mass is 9.73. The van der Waals surface area contributed by atoms with E-state index in [0.29, 0.717) is 12.8 Å². The van der Waals surface area contributed by atoms with Crippen LogP contribution < -0.4 is 0 Å². The highest BCUT2D eigenvalue weighted by Gasteiger charge is 2.62. The van der Waals surface area contributed by atoms with Gasteiger partial charge in [-0.25, -0.2) is 8.78 Å². The first-order valence-electron chi connectivity index (χ1n) is 7.71. The molecule has 0 spiro atoms. The summed E-state index contributed by atoms with van der Waals surface area (Å²) in [5, 5.41) is 7.42. The number of halogens is 2. The number of fused-ring (bicyclic) bond motifs is 2. The van der Waals surface area contributed by atoms with Crippen molar-refractivity contribution in [2.24, 2.45) is 17.8 Å². The Morgan fingerprint density at radius 3 is 2.43 bits per heavy atom. The first-order chi connectivity index (χ1) is 9.81. The molecule has 0 aromatic carbocycles. The number of thioether (sulfide) groups is 1. The summed E-state index contributed by atoms with van der Waals surface area (Å²) in [7, 11) is 0. The van der Waals surface area contributed by atoms with Crippen molar-refractivity contribution in [1.29, 1.82) is 0 Å². The maximum absolute atomic E-state index is 15.5. The van der Waals surface area contributed by atoms with Crippen LogP contribution in [0.1, 0.15) is 39.5 Å². The third-order valence-electron chi connectivity index (χ3n) is 5.35. The lowest BCUT2D eigenvalue weighted by molar-refractivity contribution is -0.145. The third-order valence-corrected chi connectivity index (χ3v) is 6.60. The van der Waals surface area contributed by atoms with E-state index in [9.17, 15) is 5.11 Å². The molecule has 0 saturated heterocycles. The molecule has 2 saturated carbocycles. The van der Waals surface area contributed by atoms with E-state index in [0.717, 1.165) is 18.2 Å². The van der Waals surface area contributed by atoms with Gasteiger partial charge in [0.2, 0.25) is 0 Å². The average molecular weight is 320 g/mol. The maximum Gasteiger partial charge on any atom is 0.193 e. The lowest BCUT2D eigenvalue weighted by Crippen LogP contribution is -2.51. The first-order valence-corrected chi connectivity index (χ1v) is 8.93. The van der Waals surface area contributed by atoms with Crippen molar-refractivity contribution in [2.45, 2.75) is 62.6 Å². The van der Waals surface area contributed by atoms with Gasteiger partial charge in [0.25, 0.3) is 0 Å². The van der Waals surface area contributed by atoms with Gasteiger partial charge < -0.3 is 9.84 Å². The molecular weight excluding hydrogens is 294 g/mol. The van der Waals surface area contributed by atoms with Crippen LogP contribution in [0.5, 0.6) is 0 Å². The van der Waals surface area contributed by atoms with Gasteiger partial charge in [-0.05, 0) is 50.7 Å². The zero-order valence-electron chi connectivity index (χ0n) is 13.0. The highest BCUT2D eigenvalue weighted by atomic mass is 32.2. The molecule has 0 amide bonds. The van der Waals surface area contributed by atoms with Crippen LogP contribution in [0.3, 0.4) is 0 Å². The van der Waals surface area contributed by atoms with Crippen molar-refractivity contribution in [3.8, 4) is 0 Å². The zero-order valence-corrected chi connectivity index (χ0v) is 13.8. The summed E-state index contributed by atoms with van der Waals surface area (Å²) in [6, 6.07) is 0. The number of rotatable bonds is 7. The molecule has 0 aliphatic heterocycles. The Kier molecular flexibility index (Phi) is 5.06. The maximum atomic E-state index is 15.5. The molecule has 0 radical (unpaired) electrons. The van der Waals surface area contributed by atoms with Crippen LogP contribution in [0.25, 0.3) is 0 Å². The van der Waals surface area contributed by atoms with E-state index in [-0.39, 0.29) is 30.3 Å². The summed E-state index contributed by atoms with van der Waals surface area (Å²) in [5.41, 5.74) is -2.00. The predicted molar refractivity (Wildman–Crippen MR) is 82.6 cm³/mol. The summed E-state index contributed by atoms with van der Waals surface area (Å²) in [6.07, 6.45) is 4.27. The van der Waals surface area contributed by atoms with Crippen molar-refractivity contribution in [3.05, 3.63) is 12.7 Å². The molecule has 2 aliphatic rings. The Morgan fingerprint density at radius 2 is 2.05 bits per heavy atom. The van der Waals surface area contributed by atoms with Crippen LogP contribution in [0.4, 0.5) is 8.78 Å². The minimum absolute atomic E-state index is 0.0229. The van der Waals surface area contributed by atoms with Crippen molar-refractivity contribution < 1.29 is 18.6 Å². The van der Waals surface area contributed by atoms with Crippen LogP contribution in [0.2, 0.25) is 0 Å². The van der Waals surface area contributed by atoms with Gasteiger partial charge in [-0.15, -0.1) is 11.8 Å². The van der Waals surface area contributed by atoms with E-state index >= 15 is 8.78 Å². The lowest BCUT2D eigenvalue weighted by Gasteiger charge is -2.43. The Bertz CT molecular complexity index is 386. The zero-order chi connectivity index (χ0) is 15.8. The van der Waals surface area contributed by atoms with E-state index in [1.165, 1.54) is 6.08 Å². The number of allylic oxidation sites excluding steroid dienone is 1. The number of hydrogen-bond donors (Lipinski definition) is 1. The number of aliphatic hydroxyl groups excluding tert-OH is 1. The van der Waals surface area contributed by atoms with Crippen LogP contribution in [0.15, 0.2) is 12.7 Å². The van der Waals surface area contributed by atoms with E-state index in [4.69, 9.17) is 4.74 Å². The molecule has 2 rings (SSSR count). The van der Waals surface area contributed by atoms with Crippen molar-refractivity contribution in [2.75, 3.05) is 6.26 Å². The van der Waals surface area contributed by atoms with E-state index in [1.54, 1.807) is 20.1 Å². The Labute approximate surface area is 130 Å². The average Bonchev–Trinajstić information content (AvgIpc) is 3.04. The molecule has 2 nitrogen and oxygen atoms in total. The van der Waals surface area contributed by atoms with Crippen LogP contribution in [0, 0.1) is 17.8 Å². The molecule has 0 heterocycles. The first kappa shape index (κ1) is 17.2. The molecule has 2 bridgehead atoms. The number of ether oxygens (including phenoxy) is 1. The molecule has 5 heteroatoms. The fourth-order valence-electron chi connectivity index (χ4n) is 4.31. The second kappa shape index (κ2) is 6.17. The standard InChI is InChI=1S/C16H26F2O2S/c1-5-15(17,16(18,6-2)21-4)13-8-12-7-11(13)9-14(12)20-10(3)19/h5,10-14,19H,1,6-9H2,2-4H3. The third kappa shape index (κ3) is 2.77. The molecule has 1 N–H and O–H groups in total. The molecular formula is C16H26F2O2S. The fourth-order valence-corrected chi connectivity index (χ4v) is 5.15. The molecule has 2 fully saturated rings. The fraction of sp³-hybridized carbons (Fsp3) is 0.875. The van der Waals surface area contributed by atoms with Crippen LogP contribution in [-0.4, -0.2) is 34.4 Å². The Hall–Kier alpha value is -0.130. The predicted octanol–water partition coefficient (Wildman–Crippen LogP) is 4.09. The molecule has 7 unspecified atom stereocenters. The highest BCUT2D eigenvalue weighted by Crippen LogP contribution is 2.59. The summed E-state index contributed by atoms with van der Waals surface area (Å²) < 4.78 is 36.0. The Morgan fingerprint density at radius 1 is 1.38 bits per heavy atom. The van der Waals surface area contributed by atoms with Gasteiger partial charge in [0.05, 0.1) is 6.10 Å². The van der Waals surface area contributed by atoms with Gasteiger partial charge in [-0.3, -0.25) is 0 Å². The number of aliphatic hydroxyl groups is 1. The monoisotopic (exact) mass is 320 g/mol. The second-order valence-electron chi connectivity index (χ2n) is 6.37. The minimum atomic E-state index is -2.00. The van der Waals surface area contributed by atoms with Crippen molar-refractivity contribution >= 4 is 11.8 Å². The van der Waals surface area contributed by atoms with Gasteiger partial charge in [0.1, 0.15) is 0 Å². The molecule has 2 aliphatic carbocycles. The minimum Gasteiger partial charge on any atom is -0.368 e. The molecule has 7 atom stereocenters. The second-order valence-corrected chi connectivity index (χ2v) is 7.42. The summed E-state index contributed by atoms with van der Waals surface area (Å²) in [4.78, 5) is 0. The quantitative estimate of drug-likeness (QED) is 0.566. The van der Waals surface area contributed by atoms with E-state index in [2.05, 4.69) is 6.58 Å². The van der Waals surface area contributed by atoms with Gasteiger partial charge in [-0.1, -0.05) is 19.6 Å². The van der Waals surface area contributed by atoms with Gasteiger partial charge >= 0.3 is 0 Å². The van der Waals surface area contributed by atoms with E-state index in [1.807, 2.05) is 0 Å². The number of hydrogen-bond acceptors (Lipinski definition) is 3. The smallest absolute Gasteiger partial charge is 0.193 e. The Balaban J connectivity index is 2.15. The van der Waals surface area contributed by atoms with Gasteiger partial charge in [0, 0.05) is 5.92 Å². The van der Waals surface area contributed by atoms with Crippen molar-refractivity contribution in [1.82, 2.24) is 0 Å². The number of alkyl halides is 2. The molecule has 122 valence electrons. The normalized spacial score (nSPS) is 38.8. The largest absolute Gasteiger partial charge is 0.368 e. The van der Waals surface area contributed by atoms with Crippen LogP contribution in [-0.2, 0) is 4.74 Å². The van der Waals surface area contributed by atoms with Gasteiger partial charge in [0.15, 0.2) is 17.0 Å². The summed E-state index contributed by atoms with van der Waals surface area (Å²) >= 11 is 0.945. The topological polar surface area (TPSA) is 29.5 Å². The van der Waals surface area contributed by atoms with Crippen molar-refractivity contribution in [3.63, 3.8) is 0 Å². The van der Waals surface area contributed by atoms with Gasteiger partial charge in [-0.2, -0.15) is 0 Å². The summed E-state index contributed by atoms with van der Waals surface area (Å²) in [5.74, 6) is -0.0190. The van der Waals surface area contributed by atoms with E-state index < -0.39 is 17.0 Å². The SMILES string of the molecule is C=CC(F)(C1CC2CC1CC2OC(C)O)C(F)(CC)SC. The molecule has 0 aromatic heterocycles. The summed E-state index contributed by atoms with van der Waals surface area (Å²) in [6.45, 7) is 6.86. The highest BCUT2D eigenvalue weighted by molar-refractivity contribution is 7.99. The molecule has 21 heavy (non-hydrogen) atoms. The van der Waals surface area contributed by atoms with Crippen LogP contribution >= 0.6 is 11.8 Å².